The average molecular weight is 315 g/mol. The molecule has 2 aromatic rings. The fraction of sp³-hybridized carbons (Fsp3) is 0.0714. The van der Waals surface area contributed by atoms with Crippen LogP contribution in [0.2, 0.25) is 10.0 Å². The minimum atomic E-state index is -1.18. The van der Waals surface area contributed by atoms with E-state index in [0.29, 0.717) is 0 Å². The summed E-state index contributed by atoms with van der Waals surface area (Å²) < 4.78 is 18.9. The minimum Gasteiger partial charge on any atom is -0.486 e. The highest BCUT2D eigenvalue weighted by Gasteiger charge is 2.16. The van der Waals surface area contributed by atoms with Crippen molar-refractivity contribution in [2.75, 3.05) is 0 Å². The molecule has 0 heterocycles. The largest absolute Gasteiger partial charge is 0.486 e. The number of halogens is 3. The summed E-state index contributed by atoms with van der Waals surface area (Å²) in [7, 11) is 0. The molecular weight excluding hydrogens is 306 g/mol. The van der Waals surface area contributed by atoms with Crippen LogP contribution in [0.1, 0.15) is 15.9 Å². The van der Waals surface area contributed by atoms with Gasteiger partial charge >= 0.3 is 5.97 Å². The molecular formula is C14H9Cl2FO3. The normalized spacial score (nSPS) is 10.3. The van der Waals surface area contributed by atoms with Crippen molar-refractivity contribution in [2.24, 2.45) is 0 Å². The predicted molar refractivity (Wildman–Crippen MR) is 74.2 cm³/mol. The van der Waals surface area contributed by atoms with Gasteiger partial charge in [-0.05, 0) is 24.3 Å². The summed E-state index contributed by atoms with van der Waals surface area (Å²) in [6.45, 7) is -0.213. The Morgan fingerprint density at radius 3 is 2.45 bits per heavy atom. The molecule has 0 saturated heterocycles. The van der Waals surface area contributed by atoms with Crippen LogP contribution in [0, 0.1) is 5.82 Å². The molecule has 1 N–H and O–H groups in total. The van der Waals surface area contributed by atoms with Gasteiger partial charge < -0.3 is 9.84 Å². The molecule has 0 aliphatic rings. The number of hydrogen-bond acceptors (Lipinski definition) is 2. The van der Waals surface area contributed by atoms with Crippen molar-refractivity contribution in [3.05, 3.63) is 63.4 Å². The Labute approximate surface area is 124 Å². The zero-order valence-corrected chi connectivity index (χ0v) is 11.6. The number of ether oxygens (including phenoxy) is 1. The summed E-state index contributed by atoms with van der Waals surface area (Å²) in [5, 5.41) is 9.40. The molecule has 0 radical (unpaired) electrons. The first-order valence-electron chi connectivity index (χ1n) is 5.58. The fourth-order valence-electron chi connectivity index (χ4n) is 1.64. The maximum atomic E-state index is 13.6. The van der Waals surface area contributed by atoms with Crippen molar-refractivity contribution in [1.29, 1.82) is 0 Å². The molecule has 3 nitrogen and oxygen atoms in total. The van der Waals surface area contributed by atoms with E-state index >= 15 is 0 Å². The van der Waals surface area contributed by atoms with Gasteiger partial charge in [-0.1, -0.05) is 35.3 Å². The molecule has 0 aromatic heterocycles. The third-order valence-electron chi connectivity index (χ3n) is 2.62. The number of carboxylic acids is 1. The summed E-state index contributed by atoms with van der Waals surface area (Å²) in [5.41, 5.74) is 0.0513. The molecule has 2 aromatic carbocycles. The van der Waals surface area contributed by atoms with E-state index in [1.165, 1.54) is 36.4 Å². The highest BCUT2D eigenvalue weighted by molar-refractivity contribution is 6.32. The Kier molecular flexibility index (Phi) is 4.47. The van der Waals surface area contributed by atoms with Crippen molar-refractivity contribution >= 4 is 29.2 Å². The van der Waals surface area contributed by atoms with Crippen molar-refractivity contribution in [3.8, 4) is 5.75 Å². The quantitative estimate of drug-likeness (QED) is 0.909. The minimum absolute atomic E-state index is 0.0130. The smallest absolute Gasteiger partial charge is 0.339 e. The molecule has 20 heavy (non-hydrogen) atoms. The van der Waals surface area contributed by atoms with Crippen molar-refractivity contribution in [1.82, 2.24) is 0 Å². The molecule has 0 aliphatic heterocycles. The lowest BCUT2D eigenvalue weighted by Gasteiger charge is -2.12. The van der Waals surface area contributed by atoms with E-state index in [-0.39, 0.29) is 33.5 Å². The van der Waals surface area contributed by atoms with Crippen LogP contribution in [0.5, 0.6) is 5.75 Å². The molecule has 2 rings (SSSR count). The lowest BCUT2D eigenvalue weighted by molar-refractivity contribution is 0.0691. The Bertz CT molecular complexity index is 639. The number of hydrogen-bond donors (Lipinski definition) is 1. The van der Waals surface area contributed by atoms with Gasteiger partial charge in [0.2, 0.25) is 0 Å². The van der Waals surface area contributed by atoms with Crippen molar-refractivity contribution in [3.63, 3.8) is 0 Å². The Morgan fingerprint density at radius 2 is 1.80 bits per heavy atom. The second-order valence-electron chi connectivity index (χ2n) is 3.91. The number of carboxylic acid groups (broad SMARTS) is 1. The summed E-state index contributed by atoms with van der Waals surface area (Å²) in [5.74, 6) is -1.72. The number of carbonyl (C=O) groups is 1. The van der Waals surface area contributed by atoms with Crippen LogP contribution in [0.25, 0.3) is 0 Å². The molecule has 0 aliphatic carbocycles. The maximum Gasteiger partial charge on any atom is 0.339 e. The second-order valence-corrected chi connectivity index (χ2v) is 4.72. The molecule has 0 amide bonds. The molecule has 0 bridgehead atoms. The topological polar surface area (TPSA) is 46.5 Å². The summed E-state index contributed by atoms with van der Waals surface area (Å²) in [4.78, 5) is 11.1. The van der Waals surface area contributed by atoms with E-state index in [1.807, 2.05) is 0 Å². The van der Waals surface area contributed by atoms with Crippen LogP contribution in [-0.4, -0.2) is 11.1 Å². The van der Waals surface area contributed by atoms with Crippen LogP contribution >= 0.6 is 23.2 Å². The van der Waals surface area contributed by atoms with Crippen molar-refractivity contribution < 1.29 is 19.0 Å². The molecule has 0 saturated carbocycles. The van der Waals surface area contributed by atoms with Crippen molar-refractivity contribution in [2.45, 2.75) is 6.61 Å². The van der Waals surface area contributed by atoms with E-state index in [4.69, 9.17) is 33.0 Å². The highest BCUT2D eigenvalue weighted by Crippen LogP contribution is 2.30. The van der Waals surface area contributed by atoms with Gasteiger partial charge in [0.25, 0.3) is 0 Å². The molecule has 0 unspecified atom stereocenters. The Hall–Kier alpha value is -1.78. The Morgan fingerprint density at radius 1 is 1.15 bits per heavy atom. The Balaban J connectivity index is 2.30. The summed E-state index contributed by atoms with van der Waals surface area (Å²) in [6, 6.07) is 8.58. The molecule has 0 atom stereocenters. The van der Waals surface area contributed by atoms with Crippen LogP contribution in [0.15, 0.2) is 36.4 Å². The number of benzene rings is 2. The number of aromatic carboxylic acids is 1. The van der Waals surface area contributed by atoms with E-state index < -0.39 is 11.8 Å². The average Bonchev–Trinajstić information content (AvgIpc) is 2.39. The molecule has 0 fully saturated rings. The van der Waals surface area contributed by atoms with E-state index in [2.05, 4.69) is 0 Å². The van der Waals surface area contributed by atoms with Gasteiger partial charge in [0.05, 0.1) is 10.0 Å². The van der Waals surface area contributed by atoms with E-state index in [9.17, 15) is 9.18 Å². The zero-order valence-electron chi connectivity index (χ0n) is 10.1. The number of para-hydroxylation sites is 1. The first kappa shape index (κ1) is 14.6. The van der Waals surface area contributed by atoms with Gasteiger partial charge in [-0.3, -0.25) is 0 Å². The first-order valence-corrected chi connectivity index (χ1v) is 6.33. The third kappa shape index (κ3) is 3.03. The van der Waals surface area contributed by atoms with Gasteiger partial charge in [0.15, 0.2) is 5.75 Å². The van der Waals surface area contributed by atoms with E-state index in [0.717, 1.165) is 0 Å². The van der Waals surface area contributed by atoms with Crippen LogP contribution in [0.3, 0.4) is 0 Å². The third-order valence-corrected chi connectivity index (χ3v) is 3.27. The lowest BCUT2D eigenvalue weighted by Crippen LogP contribution is -2.05. The van der Waals surface area contributed by atoms with Crippen LogP contribution in [0.4, 0.5) is 4.39 Å². The van der Waals surface area contributed by atoms with Crippen LogP contribution < -0.4 is 4.74 Å². The highest BCUT2D eigenvalue weighted by atomic mass is 35.5. The van der Waals surface area contributed by atoms with Crippen LogP contribution in [-0.2, 0) is 6.61 Å². The van der Waals surface area contributed by atoms with Gasteiger partial charge in [-0.25, -0.2) is 9.18 Å². The van der Waals surface area contributed by atoms with Gasteiger partial charge in [-0.2, -0.15) is 0 Å². The maximum absolute atomic E-state index is 13.6. The zero-order chi connectivity index (χ0) is 14.7. The SMILES string of the molecule is O=C(O)c1cccc(Cl)c1OCc1c(F)cccc1Cl. The number of rotatable bonds is 4. The lowest BCUT2D eigenvalue weighted by atomic mass is 10.2. The molecule has 6 heteroatoms. The first-order chi connectivity index (χ1) is 9.50. The summed E-state index contributed by atoms with van der Waals surface area (Å²) in [6.07, 6.45) is 0. The second kappa shape index (κ2) is 6.11. The van der Waals surface area contributed by atoms with Gasteiger partial charge in [-0.15, -0.1) is 0 Å². The predicted octanol–water partition coefficient (Wildman–Crippen LogP) is 4.41. The van der Waals surface area contributed by atoms with Gasteiger partial charge in [0.1, 0.15) is 18.0 Å². The summed E-state index contributed by atoms with van der Waals surface area (Å²) >= 11 is 11.8. The standard InChI is InChI=1S/C14H9Cl2FO3/c15-10-4-2-6-12(17)9(10)7-20-13-8(14(18)19)3-1-5-11(13)16/h1-6H,7H2,(H,18,19). The van der Waals surface area contributed by atoms with Gasteiger partial charge in [0, 0.05) is 5.56 Å². The molecule has 104 valence electrons. The fourth-order valence-corrected chi connectivity index (χ4v) is 2.09. The molecule has 0 spiro atoms. The monoisotopic (exact) mass is 314 g/mol. The van der Waals surface area contributed by atoms with E-state index in [1.54, 1.807) is 0 Å².